The van der Waals surface area contributed by atoms with E-state index in [0.717, 1.165) is 16.8 Å². The maximum atomic E-state index is 11.6. The van der Waals surface area contributed by atoms with Crippen LogP contribution in [0.25, 0.3) is 0 Å². The van der Waals surface area contributed by atoms with Crippen molar-refractivity contribution in [1.82, 2.24) is 4.98 Å². The second-order valence-electron chi connectivity index (χ2n) is 5.35. The van der Waals surface area contributed by atoms with E-state index in [2.05, 4.69) is 4.98 Å². The van der Waals surface area contributed by atoms with Gasteiger partial charge < -0.3 is 10.1 Å². The molecule has 1 heterocycles. The molecule has 2 N–H and O–H groups in total. The molecule has 0 aliphatic heterocycles. The number of hydrogen-bond acceptors (Lipinski definition) is 1. The molecule has 0 fully saturated rings. The average Bonchev–Trinajstić information content (AvgIpc) is 3.09. The van der Waals surface area contributed by atoms with Crippen LogP contribution in [0.15, 0.2) is 79.0 Å². The van der Waals surface area contributed by atoms with Gasteiger partial charge in [0.1, 0.15) is 5.60 Å². The van der Waals surface area contributed by atoms with Gasteiger partial charge in [-0.25, -0.2) is 0 Å². The Hall–Kier alpha value is -2.32. The van der Waals surface area contributed by atoms with Crippen molar-refractivity contribution in [2.75, 3.05) is 0 Å². The van der Waals surface area contributed by atoms with Crippen LogP contribution in [0.1, 0.15) is 29.7 Å². The number of aromatic nitrogens is 1. The lowest BCUT2D eigenvalue weighted by molar-refractivity contribution is 0.0542. The van der Waals surface area contributed by atoms with Crippen LogP contribution in [0.3, 0.4) is 0 Å². The molecule has 1 unspecified atom stereocenters. The zero-order valence-corrected chi connectivity index (χ0v) is 12.0. The molecule has 3 rings (SSSR count). The SMILES string of the molecule is CC(c1ccc[nH]1)C(O)(c1ccccc1)c1ccccc1. The van der Waals surface area contributed by atoms with E-state index in [-0.39, 0.29) is 5.92 Å². The fraction of sp³-hybridized carbons (Fsp3) is 0.158. The lowest BCUT2D eigenvalue weighted by atomic mass is 9.75. The molecule has 1 atom stereocenters. The molecule has 1 aromatic heterocycles. The van der Waals surface area contributed by atoms with Crippen molar-refractivity contribution in [3.63, 3.8) is 0 Å². The van der Waals surface area contributed by atoms with Crippen LogP contribution in [0, 0.1) is 0 Å². The highest BCUT2D eigenvalue weighted by Gasteiger charge is 2.38. The van der Waals surface area contributed by atoms with E-state index >= 15 is 0 Å². The molecule has 0 saturated carbocycles. The van der Waals surface area contributed by atoms with Crippen molar-refractivity contribution >= 4 is 0 Å². The van der Waals surface area contributed by atoms with Crippen LogP contribution in [0.5, 0.6) is 0 Å². The summed E-state index contributed by atoms with van der Waals surface area (Å²) in [5.41, 5.74) is 1.76. The van der Waals surface area contributed by atoms with Gasteiger partial charge in [-0.1, -0.05) is 67.6 Å². The van der Waals surface area contributed by atoms with Crippen molar-refractivity contribution in [2.24, 2.45) is 0 Å². The standard InChI is InChI=1S/C19H19NO/c1-15(18-13-8-14-20-18)19(21,16-9-4-2-5-10-16)17-11-6-3-7-12-17/h2-15,20-21H,1H3. The van der Waals surface area contributed by atoms with Crippen LogP contribution in [-0.4, -0.2) is 10.1 Å². The topological polar surface area (TPSA) is 36.0 Å². The summed E-state index contributed by atoms with van der Waals surface area (Å²) in [6.07, 6.45) is 1.89. The molecule has 2 nitrogen and oxygen atoms in total. The molecule has 106 valence electrons. The van der Waals surface area contributed by atoms with E-state index in [0.29, 0.717) is 0 Å². The molecule has 0 aliphatic rings. The Labute approximate surface area is 125 Å². The van der Waals surface area contributed by atoms with Gasteiger partial charge in [0.05, 0.1) is 0 Å². The lowest BCUT2D eigenvalue weighted by Gasteiger charge is -2.35. The molecule has 3 aromatic rings. The largest absolute Gasteiger partial charge is 0.380 e. The van der Waals surface area contributed by atoms with Gasteiger partial charge in [0, 0.05) is 17.8 Å². The second-order valence-corrected chi connectivity index (χ2v) is 5.35. The first-order valence-corrected chi connectivity index (χ1v) is 7.19. The van der Waals surface area contributed by atoms with Crippen LogP contribution >= 0.6 is 0 Å². The van der Waals surface area contributed by atoms with E-state index in [1.807, 2.05) is 85.9 Å². The number of hydrogen-bond donors (Lipinski definition) is 2. The monoisotopic (exact) mass is 277 g/mol. The van der Waals surface area contributed by atoms with Gasteiger partial charge in [-0.3, -0.25) is 0 Å². The van der Waals surface area contributed by atoms with Crippen molar-refractivity contribution in [2.45, 2.75) is 18.4 Å². The minimum Gasteiger partial charge on any atom is -0.380 e. The van der Waals surface area contributed by atoms with Crippen molar-refractivity contribution in [1.29, 1.82) is 0 Å². The zero-order chi connectivity index (χ0) is 14.7. The molecular formula is C19H19NO. The van der Waals surface area contributed by atoms with Gasteiger partial charge in [0.25, 0.3) is 0 Å². The molecule has 0 aliphatic carbocycles. The first kappa shape index (κ1) is 13.7. The molecule has 21 heavy (non-hydrogen) atoms. The van der Waals surface area contributed by atoms with Crippen LogP contribution in [0.2, 0.25) is 0 Å². The molecule has 0 amide bonds. The number of benzene rings is 2. The highest BCUT2D eigenvalue weighted by atomic mass is 16.3. The summed E-state index contributed by atoms with van der Waals surface area (Å²) in [6.45, 7) is 2.05. The quantitative estimate of drug-likeness (QED) is 0.741. The van der Waals surface area contributed by atoms with Crippen LogP contribution in [-0.2, 0) is 5.60 Å². The van der Waals surface area contributed by atoms with E-state index in [4.69, 9.17) is 0 Å². The molecule has 0 saturated heterocycles. The Morgan fingerprint density at radius 2 is 1.33 bits per heavy atom. The third-order valence-corrected chi connectivity index (χ3v) is 4.14. The summed E-state index contributed by atoms with van der Waals surface area (Å²) < 4.78 is 0. The fourth-order valence-corrected chi connectivity index (χ4v) is 2.89. The fourth-order valence-electron chi connectivity index (χ4n) is 2.89. The predicted molar refractivity (Wildman–Crippen MR) is 85.1 cm³/mol. The number of nitrogens with one attached hydrogen (secondary N) is 1. The summed E-state index contributed by atoms with van der Waals surface area (Å²) >= 11 is 0. The molecule has 2 heteroatoms. The molecule has 2 aromatic carbocycles. The Morgan fingerprint density at radius 1 is 0.810 bits per heavy atom. The Balaban J connectivity index is 2.16. The summed E-state index contributed by atoms with van der Waals surface area (Å²) in [6, 6.07) is 23.7. The first-order chi connectivity index (χ1) is 10.2. The number of aliphatic hydroxyl groups is 1. The third-order valence-electron chi connectivity index (χ3n) is 4.14. The minimum absolute atomic E-state index is 0.0858. The maximum Gasteiger partial charge on any atom is 0.123 e. The zero-order valence-electron chi connectivity index (χ0n) is 12.0. The van der Waals surface area contributed by atoms with Crippen molar-refractivity contribution < 1.29 is 5.11 Å². The molecule has 0 bridgehead atoms. The predicted octanol–water partition coefficient (Wildman–Crippen LogP) is 4.05. The van der Waals surface area contributed by atoms with E-state index < -0.39 is 5.60 Å². The summed E-state index contributed by atoms with van der Waals surface area (Å²) in [7, 11) is 0. The molecule has 0 radical (unpaired) electrons. The van der Waals surface area contributed by atoms with E-state index in [9.17, 15) is 5.11 Å². The third kappa shape index (κ3) is 2.39. The van der Waals surface area contributed by atoms with E-state index in [1.165, 1.54) is 0 Å². The smallest absolute Gasteiger partial charge is 0.123 e. The Kier molecular flexibility index (Phi) is 3.63. The van der Waals surface area contributed by atoms with Gasteiger partial charge in [-0.15, -0.1) is 0 Å². The average molecular weight is 277 g/mol. The Bertz CT molecular complexity index is 635. The number of rotatable bonds is 4. The summed E-state index contributed by atoms with van der Waals surface area (Å²) in [4.78, 5) is 3.22. The Morgan fingerprint density at radius 3 is 1.76 bits per heavy atom. The van der Waals surface area contributed by atoms with Crippen molar-refractivity contribution in [3.8, 4) is 0 Å². The molecular weight excluding hydrogens is 258 g/mol. The summed E-state index contributed by atoms with van der Waals surface area (Å²) in [5.74, 6) is -0.0858. The van der Waals surface area contributed by atoms with Gasteiger partial charge in [-0.05, 0) is 23.3 Å². The van der Waals surface area contributed by atoms with Gasteiger partial charge >= 0.3 is 0 Å². The normalized spacial score (nSPS) is 13.0. The lowest BCUT2D eigenvalue weighted by Crippen LogP contribution is -2.33. The van der Waals surface area contributed by atoms with Gasteiger partial charge in [0.2, 0.25) is 0 Å². The van der Waals surface area contributed by atoms with Crippen molar-refractivity contribution in [3.05, 3.63) is 95.8 Å². The van der Waals surface area contributed by atoms with Crippen LogP contribution < -0.4 is 0 Å². The van der Waals surface area contributed by atoms with Gasteiger partial charge in [0.15, 0.2) is 0 Å². The number of aromatic amines is 1. The van der Waals surface area contributed by atoms with E-state index in [1.54, 1.807) is 0 Å². The maximum absolute atomic E-state index is 11.6. The second kappa shape index (κ2) is 5.58. The minimum atomic E-state index is -1.06. The first-order valence-electron chi connectivity index (χ1n) is 7.19. The van der Waals surface area contributed by atoms with Crippen LogP contribution in [0.4, 0.5) is 0 Å². The highest BCUT2D eigenvalue weighted by molar-refractivity contribution is 5.40. The van der Waals surface area contributed by atoms with Gasteiger partial charge in [-0.2, -0.15) is 0 Å². The highest BCUT2D eigenvalue weighted by Crippen LogP contribution is 2.41. The summed E-state index contributed by atoms with van der Waals surface area (Å²) in [5, 5.41) is 11.6. The number of H-pyrrole nitrogens is 1. The molecule has 0 spiro atoms.